The molecule has 0 bridgehead atoms. The van der Waals surface area contributed by atoms with Crippen molar-refractivity contribution in [1.82, 2.24) is 9.38 Å². The second-order valence-corrected chi connectivity index (χ2v) is 8.26. The molecule has 1 saturated carbocycles. The van der Waals surface area contributed by atoms with Gasteiger partial charge in [-0.2, -0.15) is 8.78 Å². The van der Waals surface area contributed by atoms with Crippen LogP contribution in [0.15, 0.2) is 36.7 Å². The molecule has 8 heteroatoms. The van der Waals surface area contributed by atoms with E-state index >= 15 is 0 Å². The topological polar surface area (TPSA) is 52.8 Å². The van der Waals surface area contributed by atoms with Gasteiger partial charge >= 0.3 is 6.61 Å². The summed E-state index contributed by atoms with van der Waals surface area (Å²) in [6, 6.07) is 6.27. The summed E-state index contributed by atoms with van der Waals surface area (Å²) in [5.41, 5.74) is 0.513. The molecule has 2 aromatic heterocycles. The first-order chi connectivity index (χ1) is 14.7. The molecule has 0 radical (unpaired) electrons. The number of imidazole rings is 1. The number of rotatable bonds is 8. The number of hydrogen-bond donors (Lipinski definition) is 0. The number of aromatic nitrogens is 2. The van der Waals surface area contributed by atoms with Crippen molar-refractivity contribution in [2.75, 3.05) is 7.11 Å². The fourth-order valence-electron chi connectivity index (χ4n) is 3.61. The third-order valence-corrected chi connectivity index (χ3v) is 5.45. The lowest BCUT2D eigenvalue weighted by Crippen LogP contribution is -2.11. The van der Waals surface area contributed by atoms with E-state index in [9.17, 15) is 18.0 Å². The molecule has 2 heterocycles. The molecule has 0 N–H and O–H groups in total. The number of carbonyl (C=O) groups is 1. The summed E-state index contributed by atoms with van der Waals surface area (Å²) in [4.78, 5) is 17.1. The first-order valence-electron chi connectivity index (χ1n) is 10.0. The van der Waals surface area contributed by atoms with E-state index in [4.69, 9.17) is 9.47 Å². The normalized spacial score (nSPS) is 14.3. The molecular weight excluding hydrogens is 409 g/mol. The minimum absolute atomic E-state index is 0.0220. The van der Waals surface area contributed by atoms with Crippen molar-refractivity contribution in [1.29, 1.82) is 0 Å². The highest BCUT2D eigenvalue weighted by molar-refractivity contribution is 6.02. The van der Waals surface area contributed by atoms with E-state index in [0.29, 0.717) is 22.5 Å². The zero-order chi connectivity index (χ0) is 22.3. The van der Waals surface area contributed by atoms with Gasteiger partial charge in [-0.05, 0) is 62.4 Å². The smallest absolute Gasteiger partial charge is 0.387 e. The summed E-state index contributed by atoms with van der Waals surface area (Å²) in [5, 5.41) is 0. The van der Waals surface area contributed by atoms with Crippen molar-refractivity contribution >= 4 is 11.4 Å². The van der Waals surface area contributed by atoms with Crippen LogP contribution in [-0.4, -0.2) is 28.9 Å². The lowest BCUT2D eigenvalue weighted by molar-refractivity contribution is -0.0502. The van der Waals surface area contributed by atoms with Gasteiger partial charge in [-0.1, -0.05) is 0 Å². The zero-order valence-electron chi connectivity index (χ0n) is 17.5. The minimum atomic E-state index is -3.09. The number of methoxy groups -OCH3 is 1. The summed E-state index contributed by atoms with van der Waals surface area (Å²) < 4.78 is 52.4. The summed E-state index contributed by atoms with van der Waals surface area (Å²) >= 11 is 0. The molecule has 0 spiro atoms. The van der Waals surface area contributed by atoms with E-state index in [1.807, 2.05) is 0 Å². The highest BCUT2D eigenvalue weighted by Crippen LogP contribution is 2.40. The van der Waals surface area contributed by atoms with Crippen LogP contribution < -0.4 is 9.47 Å². The van der Waals surface area contributed by atoms with Crippen molar-refractivity contribution in [3.8, 4) is 22.8 Å². The van der Waals surface area contributed by atoms with Gasteiger partial charge in [0.2, 0.25) is 0 Å². The Hall–Kier alpha value is -3.03. The summed E-state index contributed by atoms with van der Waals surface area (Å²) in [6.07, 6.45) is 5.40. The van der Waals surface area contributed by atoms with Gasteiger partial charge < -0.3 is 9.47 Å². The minimum Gasteiger partial charge on any atom is -0.496 e. The number of alkyl halides is 3. The molecule has 3 aromatic rings. The Labute approximate surface area is 177 Å². The maximum absolute atomic E-state index is 14.3. The lowest BCUT2D eigenvalue weighted by atomic mass is 10.00. The predicted molar refractivity (Wildman–Crippen MR) is 110 cm³/mol. The molecular formula is C23H23F3N2O3. The maximum Gasteiger partial charge on any atom is 0.387 e. The van der Waals surface area contributed by atoms with E-state index in [2.05, 4.69) is 4.98 Å². The van der Waals surface area contributed by atoms with Gasteiger partial charge in [0.15, 0.2) is 5.78 Å². The number of carbonyl (C=O) groups excluding carboxylic acids is 1. The summed E-state index contributed by atoms with van der Waals surface area (Å²) in [6.45, 7) is -0.179. The van der Waals surface area contributed by atoms with E-state index in [1.54, 1.807) is 35.0 Å². The van der Waals surface area contributed by atoms with Crippen molar-refractivity contribution in [2.24, 2.45) is 5.92 Å². The summed E-state index contributed by atoms with van der Waals surface area (Å²) in [7, 11) is 1.38. The highest BCUT2D eigenvalue weighted by atomic mass is 19.3. The number of benzene rings is 1. The van der Waals surface area contributed by atoms with Crippen molar-refractivity contribution in [3.63, 3.8) is 0 Å². The van der Waals surface area contributed by atoms with Gasteiger partial charge in [0, 0.05) is 18.2 Å². The molecule has 1 aromatic carbocycles. The second kappa shape index (κ2) is 7.90. The Morgan fingerprint density at radius 1 is 1.26 bits per heavy atom. The molecule has 0 atom stereocenters. The van der Waals surface area contributed by atoms with Crippen LogP contribution in [0, 0.1) is 5.92 Å². The number of hydrogen-bond acceptors (Lipinski definition) is 4. The molecule has 1 fully saturated rings. The van der Waals surface area contributed by atoms with E-state index in [0.717, 1.165) is 12.8 Å². The molecule has 31 heavy (non-hydrogen) atoms. The number of halogens is 3. The Kier molecular flexibility index (Phi) is 5.41. The average Bonchev–Trinajstić information content (AvgIpc) is 3.40. The Bertz CT molecular complexity index is 1130. The van der Waals surface area contributed by atoms with Crippen molar-refractivity contribution in [2.45, 2.75) is 45.4 Å². The van der Waals surface area contributed by atoms with Crippen LogP contribution in [-0.2, 0) is 5.67 Å². The predicted octanol–water partition coefficient (Wildman–Crippen LogP) is 5.80. The van der Waals surface area contributed by atoms with Gasteiger partial charge in [0.1, 0.15) is 28.4 Å². The van der Waals surface area contributed by atoms with Crippen LogP contribution in [0.3, 0.4) is 0 Å². The molecule has 0 amide bonds. The number of Topliss-reactive ketones (excluding diaryl/α,β-unsaturated/α-hetero) is 1. The molecule has 1 aliphatic rings. The first-order valence-corrected chi connectivity index (χ1v) is 10.0. The quantitative estimate of drug-likeness (QED) is 0.422. The molecule has 0 saturated heterocycles. The van der Waals surface area contributed by atoms with Crippen LogP contribution in [0.4, 0.5) is 13.2 Å². The van der Waals surface area contributed by atoms with Gasteiger partial charge in [-0.25, -0.2) is 9.37 Å². The van der Waals surface area contributed by atoms with E-state index < -0.39 is 12.3 Å². The Balaban J connectivity index is 1.82. The van der Waals surface area contributed by atoms with Gasteiger partial charge in [-0.15, -0.1) is 0 Å². The third kappa shape index (κ3) is 4.38. The van der Waals surface area contributed by atoms with E-state index in [-0.39, 0.29) is 35.2 Å². The largest absolute Gasteiger partial charge is 0.496 e. The van der Waals surface area contributed by atoms with Gasteiger partial charge in [0.25, 0.3) is 0 Å². The number of fused-ring (bicyclic) bond motifs is 1. The molecule has 0 aliphatic heterocycles. The van der Waals surface area contributed by atoms with Crippen LogP contribution in [0.25, 0.3) is 16.9 Å². The lowest BCUT2D eigenvalue weighted by Gasteiger charge is -2.16. The monoisotopic (exact) mass is 432 g/mol. The number of ketones is 1. The number of pyridine rings is 1. The molecule has 164 valence electrons. The maximum atomic E-state index is 14.3. The molecule has 1 aliphatic carbocycles. The zero-order valence-corrected chi connectivity index (χ0v) is 17.5. The number of ether oxygens (including phenoxy) is 2. The standard InChI is InChI=1S/C23H23F3N2O3/c1-23(2,26)15-6-7-28-16(12-27-20(28)11-15)14-9-18(30-3)21(17(29)8-13-4-5-13)19(10-14)31-22(24)25/h6-7,9-13,22H,4-5,8H2,1-3H3. The third-order valence-electron chi connectivity index (χ3n) is 5.45. The fraction of sp³-hybridized carbons (Fsp3) is 0.391. The van der Waals surface area contributed by atoms with Crippen LogP contribution >= 0.6 is 0 Å². The summed E-state index contributed by atoms with van der Waals surface area (Å²) in [5.74, 6) is -0.0692. The van der Waals surface area contributed by atoms with Crippen LogP contribution in [0.1, 0.15) is 49.0 Å². The van der Waals surface area contributed by atoms with E-state index in [1.165, 1.54) is 27.0 Å². The van der Waals surface area contributed by atoms with Crippen molar-refractivity contribution in [3.05, 3.63) is 47.8 Å². The van der Waals surface area contributed by atoms with Crippen LogP contribution in [0.5, 0.6) is 11.5 Å². The first kappa shape index (κ1) is 21.2. The number of nitrogens with zero attached hydrogens (tertiary/aromatic N) is 2. The Morgan fingerprint density at radius 2 is 1.97 bits per heavy atom. The SMILES string of the molecule is COc1cc(-c2cnc3cc(C(C)(C)F)ccn23)cc(OC(F)F)c1C(=O)CC1CC1. The molecule has 5 nitrogen and oxygen atoms in total. The highest BCUT2D eigenvalue weighted by Gasteiger charge is 2.30. The second-order valence-electron chi connectivity index (χ2n) is 8.26. The molecule has 0 unspecified atom stereocenters. The van der Waals surface area contributed by atoms with Gasteiger partial charge in [0.05, 0.1) is 19.0 Å². The Morgan fingerprint density at radius 3 is 2.58 bits per heavy atom. The average molecular weight is 432 g/mol. The van der Waals surface area contributed by atoms with Crippen LogP contribution in [0.2, 0.25) is 0 Å². The van der Waals surface area contributed by atoms with Gasteiger partial charge in [-0.3, -0.25) is 9.20 Å². The van der Waals surface area contributed by atoms with Crippen molar-refractivity contribution < 1.29 is 27.4 Å². The molecule has 4 rings (SSSR count). The fourth-order valence-corrected chi connectivity index (χ4v) is 3.61.